The van der Waals surface area contributed by atoms with Crippen LogP contribution in [0.15, 0.2) is 34.7 Å². The third-order valence-electron chi connectivity index (χ3n) is 2.01. The van der Waals surface area contributed by atoms with Gasteiger partial charge in [-0.15, -0.1) is 10.2 Å². The number of nitrogens with zero attached hydrogens (tertiary/aromatic N) is 2. The van der Waals surface area contributed by atoms with Crippen molar-refractivity contribution in [1.29, 1.82) is 0 Å². The van der Waals surface area contributed by atoms with Crippen LogP contribution < -0.4 is 10.5 Å². The second-order valence-electron chi connectivity index (χ2n) is 3.21. The third kappa shape index (κ3) is 2.80. The van der Waals surface area contributed by atoms with E-state index in [2.05, 4.69) is 10.2 Å². The Balaban J connectivity index is 1.80. The molecule has 0 saturated carbocycles. The summed E-state index contributed by atoms with van der Waals surface area (Å²) in [4.78, 5) is 0. The lowest BCUT2D eigenvalue weighted by Crippen LogP contribution is -2.01. The predicted octanol–water partition coefficient (Wildman–Crippen LogP) is 1.15. The number of rotatable bonds is 5. The SMILES string of the molecule is NCc1nnc(CCOc2ccccc2)o1. The lowest BCUT2D eigenvalue weighted by molar-refractivity contribution is 0.304. The molecule has 1 aromatic heterocycles. The van der Waals surface area contributed by atoms with Gasteiger partial charge in [-0.25, -0.2) is 0 Å². The monoisotopic (exact) mass is 219 g/mol. The highest BCUT2D eigenvalue weighted by Crippen LogP contribution is 2.09. The van der Waals surface area contributed by atoms with E-state index in [1.54, 1.807) is 0 Å². The van der Waals surface area contributed by atoms with E-state index in [-0.39, 0.29) is 6.54 Å². The standard InChI is InChI=1S/C11H13N3O2/c12-8-11-14-13-10(16-11)6-7-15-9-4-2-1-3-5-9/h1-5H,6-8,12H2. The van der Waals surface area contributed by atoms with Gasteiger partial charge in [0.25, 0.3) is 0 Å². The molecule has 0 amide bonds. The highest BCUT2D eigenvalue weighted by atomic mass is 16.5. The maximum absolute atomic E-state index is 5.49. The summed E-state index contributed by atoms with van der Waals surface area (Å²) in [7, 11) is 0. The Kier molecular flexibility index (Phi) is 3.50. The second-order valence-corrected chi connectivity index (χ2v) is 3.21. The first-order chi connectivity index (χ1) is 7.88. The average molecular weight is 219 g/mol. The van der Waals surface area contributed by atoms with Crippen LogP contribution >= 0.6 is 0 Å². The molecule has 0 fully saturated rings. The van der Waals surface area contributed by atoms with Crippen molar-refractivity contribution >= 4 is 0 Å². The third-order valence-corrected chi connectivity index (χ3v) is 2.01. The molecule has 2 rings (SSSR count). The van der Waals surface area contributed by atoms with Gasteiger partial charge in [-0.05, 0) is 12.1 Å². The summed E-state index contributed by atoms with van der Waals surface area (Å²) in [6.45, 7) is 0.781. The fourth-order valence-electron chi connectivity index (χ4n) is 1.24. The van der Waals surface area contributed by atoms with E-state index in [0.29, 0.717) is 24.8 Å². The minimum atomic E-state index is 0.270. The first-order valence-electron chi connectivity index (χ1n) is 5.07. The van der Waals surface area contributed by atoms with Gasteiger partial charge in [0.15, 0.2) is 0 Å². The number of aromatic nitrogens is 2. The molecule has 5 heteroatoms. The van der Waals surface area contributed by atoms with Gasteiger partial charge in [0.2, 0.25) is 11.8 Å². The van der Waals surface area contributed by atoms with Crippen LogP contribution in [0, 0.1) is 0 Å². The van der Waals surface area contributed by atoms with Crippen molar-refractivity contribution in [2.45, 2.75) is 13.0 Å². The summed E-state index contributed by atoms with van der Waals surface area (Å²) in [5, 5.41) is 7.60. The molecule has 0 aliphatic rings. The zero-order valence-electron chi connectivity index (χ0n) is 8.80. The van der Waals surface area contributed by atoms with Crippen LogP contribution in [0.2, 0.25) is 0 Å². The zero-order valence-corrected chi connectivity index (χ0v) is 8.80. The predicted molar refractivity (Wildman–Crippen MR) is 57.8 cm³/mol. The molecule has 0 bridgehead atoms. The van der Waals surface area contributed by atoms with Crippen LogP contribution in [0.3, 0.4) is 0 Å². The van der Waals surface area contributed by atoms with E-state index in [0.717, 1.165) is 5.75 Å². The van der Waals surface area contributed by atoms with Crippen molar-refractivity contribution in [3.8, 4) is 5.75 Å². The summed E-state index contributed by atoms with van der Waals surface area (Å²) >= 11 is 0. The van der Waals surface area contributed by atoms with E-state index in [1.165, 1.54) is 0 Å². The molecule has 1 heterocycles. The first kappa shape index (κ1) is 10.6. The Morgan fingerprint density at radius 2 is 1.88 bits per heavy atom. The van der Waals surface area contributed by atoms with Gasteiger partial charge in [0.05, 0.1) is 19.6 Å². The number of nitrogens with two attached hydrogens (primary N) is 1. The Morgan fingerprint density at radius 1 is 1.12 bits per heavy atom. The molecule has 5 nitrogen and oxygen atoms in total. The highest BCUT2D eigenvalue weighted by Gasteiger charge is 2.04. The van der Waals surface area contributed by atoms with Crippen LogP contribution in [0.4, 0.5) is 0 Å². The van der Waals surface area contributed by atoms with Crippen molar-refractivity contribution in [2.24, 2.45) is 5.73 Å². The molecule has 1 aromatic carbocycles. The molecule has 0 aliphatic heterocycles. The first-order valence-corrected chi connectivity index (χ1v) is 5.07. The molecule has 0 unspecified atom stereocenters. The summed E-state index contributed by atoms with van der Waals surface area (Å²) in [5.74, 6) is 1.84. The second kappa shape index (κ2) is 5.27. The molecule has 0 saturated heterocycles. The molecule has 0 spiro atoms. The lowest BCUT2D eigenvalue weighted by Gasteiger charge is -2.02. The zero-order chi connectivity index (χ0) is 11.2. The van der Waals surface area contributed by atoms with E-state index in [9.17, 15) is 0 Å². The number of hydrogen-bond acceptors (Lipinski definition) is 5. The smallest absolute Gasteiger partial charge is 0.230 e. The van der Waals surface area contributed by atoms with Crippen LogP contribution in [0.25, 0.3) is 0 Å². The van der Waals surface area contributed by atoms with E-state index in [4.69, 9.17) is 14.9 Å². The van der Waals surface area contributed by atoms with Gasteiger partial charge in [0.1, 0.15) is 5.75 Å². The molecule has 0 radical (unpaired) electrons. The summed E-state index contributed by atoms with van der Waals surface area (Å²) in [6, 6.07) is 9.60. The summed E-state index contributed by atoms with van der Waals surface area (Å²) < 4.78 is 10.7. The largest absolute Gasteiger partial charge is 0.493 e. The fraction of sp³-hybridized carbons (Fsp3) is 0.273. The average Bonchev–Trinajstić information content (AvgIpc) is 2.78. The molecular formula is C11H13N3O2. The summed E-state index contributed by atoms with van der Waals surface area (Å²) in [6.07, 6.45) is 0.585. The Labute approximate surface area is 93.2 Å². The molecule has 0 aliphatic carbocycles. The molecule has 84 valence electrons. The normalized spacial score (nSPS) is 10.3. The van der Waals surface area contributed by atoms with Gasteiger partial charge in [-0.3, -0.25) is 0 Å². The lowest BCUT2D eigenvalue weighted by atomic mass is 10.3. The molecule has 2 N–H and O–H groups in total. The van der Waals surface area contributed by atoms with Crippen molar-refractivity contribution in [3.05, 3.63) is 42.1 Å². The van der Waals surface area contributed by atoms with Crippen molar-refractivity contribution < 1.29 is 9.15 Å². The van der Waals surface area contributed by atoms with E-state index in [1.807, 2.05) is 30.3 Å². The van der Waals surface area contributed by atoms with Crippen LogP contribution in [0.5, 0.6) is 5.75 Å². The Morgan fingerprint density at radius 3 is 2.56 bits per heavy atom. The van der Waals surface area contributed by atoms with Crippen LogP contribution in [-0.2, 0) is 13.0 Å². The molecule has 16 heavy (non-hydrogen) atoms. The van der Waals surface area contributed by atoms with Gasteiger partial charge in [-0.1, -0.05) is 18.2 Å². The van der Waals surface area contributed by atoms with Gasteiger partial charge < -0.3 is 14.9 Å². The van der Waals surface area contributed by atoms with Crippen molar-refractivity contribution in [2.75, 3.05) is 6.61 Å². The molecule has 2 aromatic rings. The fourth-order valence-corrected chi connectivity index (χ4v) is 1.24. The number of benzene rings is 1. The maximum Gasteiger partial charge on any atom is 0.230 e. The van der Waals surface area contributed by atoms with Crippen LogP contribution in [0.1, 0.15) is 11.8 Å². The van der Waals surface area contributed by atoms with Gasteiger partial charge in [-0.2, -0.15) is 0 Å². The molecular weight excluding hydrogens is 206 g/mol. The van der Waals surface area contributed by atoms with E-state index >= 15 is 0 Å². The summed E-state index contributed by atoms with van der Waals surface area (Å²) in [5.41, 5.74) is 5.36. The van der Waals surface area contributed by atoms with Crippen molar-refractivity contribution in [1.82, 2.24) is 10.2 Å². The van der Waals surface area contributed by atoms with E-state index < -0.39 is 0 Å². The molecule has 0 atom stereocenters. The minimum absolute atomic E-state index is 0.270. The Hall–Kier alpha value is -1.88. The van der Waals surface area contributed by atoms with Gasteiger partial charge >= 0.3 is 0 Å². The van der Waals surface area contributed by atoms with Crippen molar-refractivity contribution in [3.63, 3.8) is 0 Å². The maximum atomic E-state index is 5.49. The topological polar surface area (TPSA) is 74.2 Å². The Bertz CT molecular complexity index is 428. The number of ether oxygens (including phenoxy) is 1. The quantitative estimate of drug-likeness (QED) is 0.816. The number of hydrogen-bond donors (Lipinski definition) is 1. The van der Waals surface area contributed by atoms with Gasteiger partial charge in [0, 0.05) is 0 Å². The van der Waals surface area contributed by atoms with Crippen LogP contribution in [-0.4, -0.2) is 16.8 Å². The highest BCUT2D eigenvalue weighted by molar-refractivity contribution is 5.20. The number of para-hydroxylation sites is 1. The minimum Gasteiger partial charge on any atom is -0.493 e.